The van der Waals surface area contributed by atoms with Gasteiger partial charge in [-0.2, -0.15) is 4.99 Å². The van der Waals surface area contributed by atoms with Crippen LogP contribution in [0.4, 0.5) is 0 Å². The number of hydrogen-bond acceptors (Lipinski definition) is 5. The summed E-state index contributed by atoms with van der Waals surface area (Å²) in [4.78, 5) is 56.6. The van der Waals surface area contributed by atoms with Crippen molar-refractivity contribution in [3.05, 3.63) is 82.2 Å². The number of carbonyl (C=O) groups excluding carboxylic acids is 4. The molecule has 0 atom stereocenters. The number of ether oxygens (including phenoxy) is 1. The number of esters is 1. The summed E-state index contributed by atoms with van der Waals surface area (Å²) in [6, 6.07) is 13.2. The van der Waals surface area contributed by atoms with Crippen molar-refractivity contribution in [2.75, 3.05) is 7.05 Å². The Kier molecular flexibility index (Phi) is 5.46. The van der Waals surface area contributed by atoms with E-state index in [0.29, 0.717) is 10.6 Å². The van der Waals surface area contributed by atoms with E-state index >= 15 is 0 Å². The molecular formula is C23H16ClN3O5. The van der Waals surface area contributed by atoms with Gasteiger partial charge in [0.05, 0.1) is 5.56 Å². The van der Waals surface area contributed by atoms with E-state index in [1.165, 1.54) is 37.1 Å². The zero-order valence-corrected chi connectivity index (χ0v) is 17.8. The lowest BCUT2D eigenvalue weighted by molar-refractivity contribution is -0.130. The van der Waals surface area contributed by atoms with Crippen molar-refractivity contribution >= 4 is 47.2 Å². The molecule has 0 bridgehead atoms. The lowest BCUT2D eigenvalue weighted by Gasteiger charge is -2.19. The topological polar surface area (TPSA) is 96.4 Å². The molecule has 8 nitrogen and oxygen atoms in total. The molecule has 1 fully saturated rings. The third kappa shape index (κ3) is 3.72. The Morgan fingerprint density at radius 2 is 1.75 bits per heavy atom. The number of aliphatic imine (C=N–C) groups is 1. The molecule has 0 saturated carbocycles. The van der Waals surface area contributed by atoms with E-state index in [2.05, 4.69) is 4.99 Å². The summed E-state index contributed by atoms with van der Waals surface area (Å²) in [5.41, 5.74) is 0.547. The van der Waals surface area contributed by atoms with E-state index in [-0.39, 0.29) is 28.5 Å². The predicted octanol–water partition coefficient (Wildman–Crippen LogP) is 3.04. The number of hydrogen-bond donors (Lipinski definition) is 0. The number of Topliss-reactive ketones (excluding diaryl/α,β-unsaturated/α-hetero) is 1. The van der Waals surface area contributed by atoms with Gasteiger partial charge in [0, 0.05) is 25.2 Å². The number of ketones is 1. The van der Waals surface area contributed by atoms with Crippen LogP contribution in [0.15, 0.2) is 71.0 Å². The minimum absolute atomic E-state index is 0.0623. The molecule has 9 heteroatoms. The Morgan fingerprint density at radius 3 is 2.47 bits per heavy atom. The van der Waals surface area contributed by atoms with E-state index in [1.54, 1.807) is 36.4 Å². The van der Waals surface area contributed by atoms with Crippen molar-refractivity contribution in [3.63, 3.8) is 0 Å². The van der Waals surface area contributed by atoms with Crippen LogP contribution >= 0.6 is 11.6 Å². The molecular weight excluding hydrogens is 434 g/mol. The van der Waals surface area contributed by atoms with Crippen LogP contribution in [0.1, 0.15) is 22.8 Å². The monoisotopic (exact) mass is 449 g/mol. The summed E-state index contributed by atoms with van der Waals surface area (Å²) in [6.45, 7) is 1.22. The standard InChI is InChI=1S/C23H16ClN3O5/c1-13(28)25-23-26(2)18(11-14-7-3-5-9-17(14)24)21(30)27(23)12-16-20(29)15-8-4-6-10-19(15)32-22(16)31/h3-12H,1-2H3. The Labute approximate surface area is 188 Å². The van der Waals surface area contributed by atoms with Gasteiger partial charge in [-0.15, -0.1) is 0 Å². The molecule has 2 aliphatic rings. The Balaban J connectivity index is 1.81. The quantitative estimate of drug-likeness (QED) is 0.302. The fourth-order valence-corrected chi connectivity index (χ4v) is 3.48. The summed E-state index contributed by atoms with van der Waals surface area (Å²) in [6.07, 6.45) is 2.59. The third-order valence-electron chi connectivity index (χ3n) is 4.83. The highest BCUT2D eigenvalue weighted by Crippen LogP contribution is 2.30. The Morgan fingerprint density at radius 1 is 1.06 bits per heavy atom. The number of halogens is 1. The second kappa shape index (κ2) is 8.24. The first-order valence-electron chi connectivity index (χ1n) is 9.48. The fourth-order valence-electron chi connectivity index (χ4n) is 3.29. The van der Waals surface area contributed by atoms with Crippen molar-refractivity contribution in [2.24, 2.45) is 4.99 Å². The van der Waals surface area contributed by atoms with Crippen LogP contribution in [0, 0.1) is 0 Å². The van der Waals surface area contributed by atoms with Gasteiger partial charge in [0.15, 0.2) is 0 Å². The highest BCUT2D eigenvalue weighted by atomic mass is 35.5. The van der Waals surface area contributed by atoms with Gasteiger partial charge in [-0.05, 0) is 29.8 Å². The van der Waals surface area contributed by atoms with E-state index in [4.69, 9.17) is 16.3 Å². The van der Waals surface area contributed by atoms with Gasteiger partial charge in [-0.1, -0.05) is 41.9 Å². The minimum atomic E-state index is -0.908. The van der Waals surface area contributed by atoms with Crippen molar-refractivity contribution in [2.45, 2.75) is 6.92 Å². The molecule has 0 aromatic heterocycles. The summed E-state index contributed by atoms with van der Waals surface area (Å²) >= 11 is 6.21. The average molecular weight is 450 g/mol. The molecule has 0 spiro atoms. The smallest absolute Gasteiger partial charge is 0.349 e. The van der Waals surface area contributed by atoms with Crippen LogP contribution < -0.4 is 4.74 Å². The van der Waals surface area contributed by atoms with Gasteiger partial charge in [-0.3, -0.25) is 19.3 Å². The predicted molar refractivity (Wildman–Crippen MR) is 117 cm³/mol. The molecule has 0 N–H and O–H groups in total. The van der Waals surface area contributed by atoms with Crippen LogP contribution in [0.25, 0.3) is 6.08 Å². The summed E-state index contributed by atoms with van der Waals surface area (Å²) in [5, 5.41) is 0.422. The van der Waals surface area contributed by atoms with Crippen molar-refractivity contribution in [3.8, 4) is 5.75 Å². The highest BCUT2D eigenvalue weighted by Gasteiger charge is 2.39. The van der Waals surface area contributed by atoms with Gasteiger partial charge >= 0.3 is 5.97 Å². The molecule has 0 aliphatic carbocycles. The molecule has 2 amide bonds. The van der Waals surface area contributed by atoms with Gasteiger partial charge in [0.2, 0.25) is 17.6 Å². The second-order valence-electron chi connectivity index (χ2n) is 6.97. The number of rotatable bonds is 2. The number of benzene rings is 2. The summed E-state index contributed by atoms with van der Waals surface area (Å²) < 4.78 is 5.22. The molecule has 32 heavy (non-hydrogen) atoms. The average Bonchev–Trinajstić information content (AvgIpc) is 2.96. The lowest BCUT2D eigenvalue weighted by atomic mass is 10.0. The summed E-state index contributed by atoms with van der Waals surface area (Å²) in [5.74, 6) is -2.59. The normalized spacial score (nSPS) is 19.7. The summed E-state index contributed by atoms with van der Waals surface area (Å²) in [7, 11) is 1.54. The van der Waals surface area contributed by atoms with Gasteiger partial charge < -0.3 is 9.64 Å². The molecule has 2 aromatic carbocycles. The van der Waals surface area contributed by atoms with E-state index in [9.17, 15) is 19.2 Å². The van der Waals surface area contributed by atoms with Crippen LogP contribution in [0.3, 0.4) is 0 Å². The van der Waals surface area contributed by atoms with Crippen LogP contribution in [0.5, 0.6) is 5.75 Å². The maximum atomic E-state index is 13.2. The first-order valence-corrected chi connectivity index (χ1v) is 9.86. The minimum Gasteiger partial charge on any atom is -0.422 e. The largest absolute Gasteiger partial charge is 0.422 e. The first kappa shape index (κ1) is 21.2. The number of guanidine groups is 1. The van der Waals surface area contributed by atoms with Gasteiger partial charge in [0.1, 0.15) is 17.0 Å². The zero-order valence-electron chi connectivity index (χ0n) is 17.0. The Hall–Kier alpha value is -4.04. The molecule has 2 aliphatic heterocycles. The molecule has 160 valence electrons. The first-order chi connectivity index (χ1) is 15.3. The molecule has 2 heterocycles. The number of carbonyl (C=O) groups is 4. The number of likely N-dealkylation sites (N-methyl/N-ethyl adjacent to an activating group) is 1. The van der Waals surface area contributed by atoms with E-state index in [0.717, 1.165) is 11.1 Å². The maximum Gasteiger partial charge on any atom is 0.349 e. The Bertz CT molecular complexity index is 1280. The number of nitrogens with zero attached hydrogens (tertiary/aromatic N) is 3. The molecule has 1 saturated heterocycles. The van der Waals surface area contributed by atoms with Crippen molar-refractivity contribution < 1.29 is 23.9 Å². The van der Waals surface area contributed by atoms with E-state index in [1.807, 2.05) is 0 Å². The molecule has 0 radical (unpaired) electrons. The number of amides is 2. The third-order valence-corrected chi connectivity index (χ3v) is 5.17. The zero-order chi connectivity index (χ0) is 23.0. The van der Waals surface area contributed by atoms with Crippen molar-refractivity contribution in [1.29, 1.82) is 0 Å². The van der Waals surface area contributed by atoms with Crippen LogP contribution in [-0.4, -0.2) is 46.4 Å². The number of fused-ring (bicyclic) bond motifs is 1. The van der Waals surface area contributed by atoms with E-state index < -0.39 is 23.6 Å². The maximum absolute atomic E-state index is 13.2. The van der Waals surface area contributed by atoms with Crippen LogP contribution in [-0.2, 0) is 14.4 Å². The lowest BCUT2D eigenvalue weighted by Crippen LogP contribution is -2.33. The van der Waals surface area contributed by atoms with Gasteiger partial charge in [0.25, 0.3) is 5.91 Å². The van der Waals surface area contributed by atoms with Crippen LogP contribution in [0.2, 0.25) is 5.02 Å². The fraction of sp³-hybridized carbons (Fsp3) is 0.0870. The second-order valence-corrected chi connectivity index (χ2v) is 7.38. The molecule has 2 aromatic rings. The SMILES string of the molecule is CC(=O)N=C1N(C)C(=Cc2ccccc2Cl)C(=O)N1C=C1C(=O)Oc2ccccc2C1=O. The molecule has 4 rings (SSSR count). The highest BCUT2D eigenvalue weighted by molar-refractivity contribution is 6.32. The van der Waals surface area contributed by atoms with Crippen molar-refractivity contribution in [1.82, 2.24) is 9.80 Å². The molecule has 0 unspecified atom stereocenters. The van der Waals surface area contributed by atoms with Gasteiger partial charge in [-0.25, -0.2) is 4.79 Å². The number of para-hydroxylation sites is 1.